The number of morpholine rings is 1. The van der Waals surface area contributed by atoms with Gasteiger partial charge in [-0.1, -0.05) is 31.5 Å². The Hall–Kier alpha value is -1.68. The smallest absolute Gasteiger partial charge is 0.317 e. The number of carbonyl (C=O) groups is 1. The number of hydrogen-bond acceptors (Lipinski definition) is 5. The number of aryl methyl sites for hydroxylation is 1. The predicted molar refractivity (Wildman–Crippen MR) is 118 cm³/mol. The number of fused-ring (bicyclic) bond motifs is 2. The highest BCUT2D eigenvalue weighted by Gasteiger charge is 2.76. The van der Waals surface area contributed by atoms with E-state index in [0.717, 1.165) is 5.56 Å². The molecule has 2 N–H and O–H groups in total. The molecule has 1 aliphatic carbocycles. The maximum absolute atomic E-state index is 14.0. The standard InChI is InChI=1S/C23H33N3O5S/c1-14(2)23-10-9-17(27)19-18-11-25(21(28)24-4)12-22(31-18,20(19)23)13-26(23)32(29,30)16-7-5-15(3)6-8-16/h5-8,14,17-20,27H,9-13H2,1-4H3,(H,24,28)/t17-,18+,19+,20+,22+,23-/m0/s1. The molecule has 1 spiro atoms. The van der Waals surface area contributed by atoms with Gasteiger partial charge in [-0.25, -0.2) is 13.2 Å². The van der Waals surface area contributed by atoms with Crippen LogP contribution in [-0.4, -0.2) is 78.8 Å². The van der Waals surface area contributed by atoms with Gasteiger partial charge in [-0.15, -0.1) is 0 Å². The van der Waals surface area contributed by atoms with E-state index in [1.54, 1.807) is 28.4 Å². The minimum Gasteiger partial charge on any atom is -0.393 e. The van der Waals surface area contributed by atoms with Crippen LogP contribution < -0.4 is 5.32 Å². The monoisotopic (exact) mass is 463 g/mol. The number of urea groups is 1. The highest BCUT2D eigenvalue weighted by molar-refractivity contribution is 7.89. The molecule has 2 amide bonds. The molecule has 1 saturated carbocycles. The molecule has 32 heavy (non-hydrogen) atoms. The summed E-state index contributed by atoms with van der Waals surface area (Å²) in [7, 11) is -2.20. The molecule has 8 nitrogen and oxygen atoms in total. The lowest BCUT2D eigenvalue weighted by atomic mass is 9.59. The molecule has 1 aromatic carbocycles. The van der Waals surface area contributed by atoms with Crippen molar-refractivity contribution in [3.8, 4) is 0 Å². The molecule has 0 unspecified atom stereocenters. The van der Waals surface area contributed by atoms with E-state index in [0.29, 0.717) is 25.9 Å². The zero-order chi connectivity index (χ0) is 23.1. The maximum Gasteiger partial charge on any atom is 0.317 e. The van der Waals surface area contributed by atoms with Gasteiger partial charge in [-0.05, 0) is 37.8 Å². The number of hydrogen-bond donors (Lipinski definition) is 2. The van der Waals surface area contributed by atoms with E-state index in [1.807, 2.05) is 19.1 Å². The summed E-state index contributed by atoms with van der Waals surface area (Å²) in [4.78, 5) is 14.6. The molecule has 4 aliphatic rings. The normalized spacial score (nSPS) is 38.8. The van der Waals surface area contributed by atoms with Gasteiger partial charge in [0.05, 0.1) is 23.6 Å². The number of nitrogens with zero attached hydrogens (tertiary/aromatic N) is 2. The van der Waals surface area contributed by atoms with Crippen molar-refractivity contribution in [3.63, 3.8) is 0 Å². The average Bonchev–Trinajstić information content (AvgIpc) is 3.17. The number of rotatable bonds is 3. The second-order valence-corrected chi connectivity index (χ2v) is 12.2. The van der Waals surface area contributed by atoms with Crippen molar-refractivity contribution in [2.45, 2.75) is 61.9 Å². The third-order valence-electron chi connectivity index (χ3n) is 8.43. The quantitative estimate of drug-likeness (QED) is 0.709. The van der Waals surface area contributed by atoms with Crippen molar-refractivity contribution < 1.29 is 23.1 Å². The first kappa shape index (κ1) is 22.1. The summed E-state index contributed by atoms with van der Waals surface area (Å²) in [5.41, 5.74) is -0.482. The number of likely N-dealkylation sites (tertiary alicyclic amines) is 1. The summed E-state index contributed by atoms with van der Waals surface area (Å²) in [6.45, 7) is 7.01. The van der Waals surface area contributed by atoms with Gasteiger partial charge in [0.15, 0.2) is 0 Å². The van der Waals surface area contributed by atoms with Crippen molar-refractivity contribution in [2.75, 3.05) is 26.7 Å². The third-order valence-corrected chi connectivity index (χ3v) is 10.4. The number of amides is 2. The SMILES string of the molecule is CNC(=O)N1C[C@H]2O[C@]3(C1)CN(S(=O)(=O)c1ccc(C)cc1)[C@]1(C(C)C)CC[C@H](O)[C@H]2[C@H]31. The Balaban J connectivity index is 1.66. The number of aliphatic hydroxyl groups is 1. The minimum absolute atomic E-state index is 0.0264. The second-order valence-electron chi connectivity index (χ2n) is 10.3. The van der Waals surface area contributed by atoms with Gasteiger partial charge >= 0.3 is 6.03 Å². The van der Waals surface area contributed by atoms with Crippen LogP contribution in [-0.2, 0) is 14.8 Å². The van der Waals surface area contributed by atoms with Crippen LogP contribution in [0.4, 0.5) is 4.79 Å². The first-order valence-electron chi connectivity index (χ1n) is 11.5. The van der Waals surface area contributed by atoms with Crippen molar-refractivity contribution in [3.05, 3.63) is 29.8 Å². The van der Waals surface area contributed by atoms with Crippen LogP contribution in [0.2, 0.25) is 0 Å². The van der Waals surface area contributed by atoms with Crippen molar-refractivity contribution >= 4 is 16.1 Å². The van der Waals surface area contributed by atoms with E-state index in [2.05, 4.69) is 19.2 Å². The highest BCUT2D eigenvalue weighted by atomic mass is 32.2. The largest absolute Gasteiger partial charge is 0.393 e. The Morgan fingerprint density at radius 2 is 1.94 bits per heavy atom. The van der Waals surface area contributed by atoms with E-state index in [9.17, 15) is 18.3 Å². The Morgan fingerprint density at radius 3 is 2.56 bits per heavy atom. The molecule has 2 bridgehead atoms. The molecular formula is C23H33N3O5S. The highest BCUT2D eigenvalue weighted by Crippen LogP contribution is 2.64. The van der Waals surface area contributed by atoms with E-state index in [1.165, 1.54) is 0 Å². The Morgan fingerprint density at radius 1 is 1.25 bits per heavy atom. The number of benzene rings is 1. The molecule has 4 fully saturated rings. The Kier molecular flexibility index (Phi) is 4.95. The summed E-state index contributed by atoms with van der Waals surface area (Å²) < 4.78 is 36.3. The lowest BCUT2D eigenvalue weighted by Gasteiger charge is -2.51. The molecule has 0 aromatic heterocycles. The van der Waals surface area contributed by atoms with Gasteiger partial charge in [0.25, 0.3) is 0 Å². The van der Waals surface area contributed by atoms with Crippen LogP contribution in [0.25, 0.3) is 0 Å². The lowest BCUT2D eigenvalue weighted by Crippen LogP contribution is -2.61. The van der Waals surface area contributed by atoms with Crippen LogP contribution in [0.15, 0.2) is 29.2 Å². The second kappa shape index (κ2) is 7.16. The topological polar surface area (TPSA) is 99.2 Å². The molecule has 1 aromatic rings. The van der Waals surface area contributed by atoms with Gasteiger partial charge in [-0.2, -0.15) is 4.31 Å². The summed E-state index contributed by atoms with van der Waals surface area (Å²) in [5, 5.41) is 13.7. The number of nitrogens with one attached hydrogen (secondary N) is 1. The molecule has 5 rings (SSSR count). The predicted octanol–water partition coefficient (Wildman–Crippen LogP) is 1.57. The molecule has 9 heteroatoms. The number of aliphatic hydroxyl groups excluding tert-OH is 1. The van der Waals surface area contributed by atoms with Crippen molar-refractivity contribution in [1.29, 1.82) is 0 Å². The van der Waals surface area contributed by atoms with Gasteiger partial charge in [0, 0.05) is 37.5 Å². The zero-order valence-corrected chi connectivity index (χ0v) is 19.9. The van der Waals surface area contributed by atoms with Gasteiger partial charge in [0.2, 0.25) is 10.0 Å². The van der Waals surface area contributed by atoms with Gasteiger partial charge < -0.3 is 20.1 Å². The average molecular weight is 464 g/mol. The fourth-order valence-corrected chi connectivity index (χ4v) is 9.14. The molecule has 176 valence electrons. The fourth-order valence-electron chi connectivity index (χ4n) is 7.15. The molecule has 0 radical (unpaired) electrons. The van der Waals surface area contributed by atoms with Crippen LogP contribution in [0.5, 0.6) is 0 Å². The Labute approximate surface area is 190 Å². The van der Waals surface area contributed by atoms with E-state index in [-0.39, 0.29) is 41.3 Å². The van der Waals surface area contributed by atoms with E-state index >= 15 is 0 Å². The summed E-state index contributed by atoms with van der Waals surface area (Å²) >= 11 is 0. The number of carbonyl (C=O) groups excluding carboxylic acids is 1. The molecule has 6 atom stereocenters. The van der Waals surface area contributed by atoms with E-state index < -0.39 is 27.3 Å². The van der Waals surface area contributed by atoms with Crippen LogP contribution in [0.1, 0.15) is 32.3 Å². The first-order valence-corrected chi connectivity index (χ1v) is 12.9. The summed E-state index contributed by atoms with van der Waals surface area (Å²) in [5.74, 6) is -0.337. The Bertz CT molecular complexity index is 1030. The molecular weight excluding hydrogens is 430 g/mol. The summed E-state index contributed by atoms with van der Waals surface area (Å²) in [6.07, 6.45) is 0.250. The molecule has 3 saturated heterocycles. The number of sulfonamides is 1. The van der Waals surface area contributed by atoms with Gasteiger partial charge in [0.1, 0.15) is 5.60 Å². The van der Waals surface area contributed by atoms with Crippen molar-refractivity contribution in [1.82, 2.24) is 14.5 Å². The van der Waals surface area contributed by atoms with Gasteiger partial charge in [-0.3, -0.25) is 0 Å². The third kappa shape index (κ3) is 2.77. The molecule has 3 aliphatic heterocycles. The summed E-state index contributed by atoms with van der Waals surface area (Å²) in [6, 6.07) is 6.78. The maximum atomic E-state index is 14.0. The zero-order valence-electron chi connectivity index (χ0n) is 19.1. The minimum atomic E-state index is -3.80. The van der Waals surface area contributed by atoms with E-state index in [4.69, 9.17) is 4.74 Å². The van der Waals surface area contributed by atoms with Crippen LogP contribution in [0.3, 0.4) is 0 Å². The number of ether oxygens (including phenoxy) is 1. The fraction of sp³-hybridized carbons (Fsp3) is 0.696. The van der Waals surface area contributed by atoms with Crippen LogP contribution >= 0.6 is 0 Å². The van der Waals surface area contributed by atoms with Crippen LogP contribution in [0, 0.1) is 24.7 Å². The first-order chi connectivity index (χ1) is 15.1. The molecule has 3 heterocycles. The lowest BCUT2D eigenvalue weighted by molar-refractivity contribution is -0.106. The van der Waals surface area contributed by atoms with Crippen molar-refractivity contribution in [2.24, 2.45) is 17.8 Å².